The number of anilines is 1. The van der Waals surface area contributed by atoms with Crippen LogP contribution < -0.4 is 11.1 Å². The van der Waals surface area contributed by atoms with Gasteiger partial charge in [0, 0.05) is 0 Å². The molecule has 0 aliphatic rings. The summed E-state index contributed by atoms with van der Waals surface area (Å²) in [6.45, 7) is 5.67. The number of nitrogens with zero attached hydrogens (tertiary/aromatic N) is 3. The van der Waals surface area contributed by atoms with Crippen LogP contribution in [-0.2, 0) is 4.79 Å². The van der Waals surface area contributed by atoms with Gasteiger partial charge in [0.15, 0.2) is 0 Å². The maximum atomic E-state index is 11.6. The van der Waals surface area contributed by atoms with E-state index in [0.29, 0.717) is 0 Å². The Labute approximate surface area is 88.3 Å². The molecule has 1 atom stereocenters. The van der Waals surface area contributed by atoms with Gasteiger partial charge in [-0.15, -0.1) is 5.10 Å². The molecule has 0 radical (unpaired) electrons. The van der Waals surface area contributed by atoms with Gasteiger partial charge in [-0.05, 0) is 5.41 Å². The summed E-state index contributed by atoms with van der Waals surface area (Å²) in [5.74, 6) is -0.141. The van der Waals surface area contributed by atoms with Crippen molar-refractivity contribution in [1.29, 1.82) is 0 Å². The number of carbonyl (C=O) groups excluding carboxylic acids is 1. The first-order valence-electron chi connectivity index (χ1n) is 4.61. The highest BCUT2D eigenvalue weighted by Crippen LogP contribution is 2.17. The second kappa shape index (κ2) is 4.31. The Hall–Kier alpha value is -1.56. The third-order valence-corrected chi connectivity index (χ3v) is 1.93. The molecule has 0 fully saturated rings. The lowest BCUT2D eigenvalue weighted by molar-refractivity contribution is -0.119. The first-order chi connectivity index (χ1) is 6.91. The number of amides is 1. The molecular formula is C9H15N5O. The molecule has 1 aromatic heterocycles. The van der Waals surface area contributed by atoms with E-state index in [1.165, 1.54) is 12.4 Å². The minimum atomic E-state index is -0.610. The Morgan fingerprint density at radius 1 is 1.47 bits per heavy atom. The molecule has 6 nitrogen and oxygen atoms in total. The first kappa shape index (κ1) is 11.5. The standard InChI is InChI=1S/C9H15N5O/c1-9(2,3)6(10)7(15)13-8-11-4-5-12-14-8/h4-6H,10H2,1-3H3,(H,11,13,14,15)/t6-/m1/s1. The largest absolute Gasteiger partial charge is 0.319 e. The molecule has 1 heterocycles. The topological polar surface area (TPSA) is 93.8 Å². The van der Waals surface area contributed by atoms with Crippen molar-refractivity contribution in [3.8, 4) is 0 Å². The van der Waals surface area contributed by atoms with Crippen molar-refractivity contribution < 1.29 is 4.79 Å². The van der Waals surface area contributed by atoms with Crippen LogP contribution in [0, 0.1) is 5.41 Å². The minimum absolute atomic E-state index is 0.169. The zero-order chi connectivity index (χ0) is 11.5. The van der Waals surface area contributed by atoms with Crippen molar-refractivity contribution >= 4 is 11.9 Å². The number of hydrogen-bond acceptors (Lipinski definition) is 5. The molecule has 3 N–H and O–H groups in total. The van der Waals surface area contributed by atoms with Gasteiger partial charge in [0.2, 0.25) is 11.9 Å². The van der Waals surface area contributed by atoms with Gasteiger partial charge < -0.3 is 5.73 Å². The van der Waals surface area contributed by atoms with Crippen LogP contribution in [0.4, 0.5) is 5.95 Å². The zero-order valence-electron chi connectivity index (χ0n) is 9.06. The Kier molecular flexibility index (Phi) is 3.31. The summed E-state index contributed by atoms with van der Waals surface area (Å²) in [6.07, 6.45) is 2.88. The van der Waals surface area contributed by atoms with Gasteiger partial charge in [-0.3, -0.25) is 10.1 Å². The number of nitrogens with two attached hydrogens (primary N) is 1. The molecule has 0 unspecified atom stereocenters. The van der Waals surface area contributed by atoms with E-state index in [1.807, 2.05) is 20.8 Å². The van der Waals surface area contributed by atoms with E-state index in [0.717, 1.165) is 0 Å². The molecule has 0 aliphatic carbocycles. The lowest BCUT2D eigenvalue weighted by Gasteiger charge is -2.25. The second-order valence-corrected chi connectivity index (χ2v) is 4.30. The van der Waals surface area contributed by atoms with Gasteiger partial charge in [-0.1, -0.05) is 20.8 Å². The molecule has 0 aromatic carbocycles. The van der Waals surface area contributed by atoms with Gasteiger partial charge >= 0.3 is 0 Å². The van der Waals surface area contributed by atoms with Gasteiger partial charge in [0.1, 0.15) is 0 Å². The van der Waals surface area contributed by atoms with E-state index in [2.05, 4.69) is 20.5 Å². The third kappa shape index (κ3) is 3.25. The minimum Gasteiger partial charge on any atom is -0.319 e. The SMILES string of the molecule is CC(C)(C)[C@H](N)C(=O)Nc1nccnn1. The monoisotopic (exact) mass is 209 g/mol. The van der Waals surface area contributed by atoms with Gasteiger partial charge in [0.25, 0.3) is 0 Å². The summed E-state index contributed by atoms with van der Waals surface area (Å²) in [7, 11) is 0. The van der Waals surface area contributed by atoms with Crippen LogP contribution in [0.1, 0.15) is 20.8 Å². The molecule has 1 rings (SSSR count). The fraction of sp³-hybridized carbons (Fsp3) is 0.556. The van der Waals surface area contributed by atoms with E-state index in [-0.39, 0.29) is 17.3 Å². The smallest absolute Gasteiger partial charge is 0.249 e. The van der Waals surface area contributed by atoms with Crippen LogP contribution in [0.15, 0.2) is 12.4 Å². The molecule has 1 amide bonds. The summed E-state index contributed by atoms with van der Waals surface area (Å²) in [4.78, 5) is 15.4. The molecule has 0 bridgehead atoms. The molecule has 0 saturated carbocycles. The average Bonchev–Trinajstić information content (AvgIpc) is 2.16. The summed E-state index contributed by atoms with van der Waals surface area (Å²) >= 11 is 0. The van der Waals surface area contributed by atoms with Crippen LogP contribution in [0.3, 0.4) is 0 Å². The molecular weight excluding hydrogens is 194 g/mol. The van der Waals surface area contributed by atoms with Crippen molar-refractivity contribution in [2.45, 2.75) is 26.8 Å². The number of nitrogens with one attached hydrogen (secondary N) is 1. The summed E-state index contributed by atoms with van der Waals surface area (Å²) < 4.78 is 0. The summed E-state index contributed by atoms with van der Waals surface area (Å²) in [5, 5.41) is 9.73. The van der Waals surface area contributed by atoms with E-state index in [9.17, 15) is 4.79 Å². The van der Waals surface area contributed by atoms with Gasteiger partial charge in [-0.25, -0.2) is 4.98 Å². The number of rotatable bonds is 2. The molecule has 6 heteroatoms. The summed E-state index contributed by atoms with van der Waals surface area (Å²) in [5.41, 5.74) is 5.45. The van der Waals surface area contributed by atoms with E-state index < -0.39 is 6.04 Å². The molecule has 0 aliphatic heterocycles. The predicted molar refractivity (Wildman–Crippen MR) is 55.9 cm³/mol. The van der Waals surface area contributed by atoms with Crippen molar-refractivity contribution in [1.82, 2.24) is 15.2 Å². The van der Waals surface area contributed by atoms with E-state index >= 15 is 0 Å². The Morgan fingerprint density at radius 2 is 2.13 bits per heavy atom. The molecule has 1 aromatic rings. The second-order valence-electron chi connectivity index (χ2n) is 4.30. The Bertz CT molecular complexity index is 332. The van der Waals surface area contributed by atoms with Crippen LogP contribution in [-0.4, -0.2) is 27.1 Å². The van der Waals surface area contributed by atoms with E-state index in [1.54, 1.807) is 0 Å². The fourth-order valence-corrected chi connectivity index (χ4v) is 0.886. The highest BCUT2D eigenvalue weighted by atomic mass is 16.2. The van der Waals surface area contributed by atoms with E-state index in [4.69, 9.17) is 5.73 Å². The maximum absolute atomic E-state index is 11.6. The van der Waals surface area contributed by atoms with Crippen molar-refractivity contribution in [3.63, 3.8) is 0 Å². The van der Waals surface area contributed by atoms with Gasteiger partial charge in [-0.2, -0.15) is 5.10 Å². The Morgan fingerprint density at radius 3 is 2.60 bits per heavy atom. The quantitative estimate of drug-likeness (QED) is 0.724. The number of aromatic nitrogens is 3. The summed E-state index contributed by atoms with van der Waals surface area (Å²) in [6, 6.07) is -0.610. The van der Waals surface area contributed by atoms with Crippen LogP contribution in [0.25, 0.3) is 0 Å². The predicted octanol–water partition coefficient (Wildman–Crippen LogP) is 0.183. The fourth-order valence-electron chi connectivity index (χ4n) is 0.886. The van der Waals surface area contributed by atoms with Crippen LogP contribution in [0.5, 0.6) is 0 Å². The lowest BCUT2D eigenvalue weighted by atomic mass is 9.87. The van der Waals surface area contributed by atoms with Crippen molar-refractivity contribution in [3.05, 3.63) is 12.4 Å². The van der Waals surface area contributed by atoms with Gasteiger partial charge in [0.05, 0.1) is 18.4 Å². The first-order valence-corrected chi connectivity index (χ1v) is 4.61. The average molecular weight is 209 g/mol. The maximum Gasteiger partial charge on any atom is 0.249 e. The van der Waals surface area contributed by atoms with Crippen molar-refractivity contribution in [2.75, 3.05) is 5.32 Å². The van der Waals surface area contributed by atoms with Crippen molar-refractivity contribution in [2.24, 2.45) is 11.1 Å². The van der Waals surface area contributed by atoms with Crippen LogP contribution in [0.2, 0.25) is 0 Å². The number of hydrogen-bond donors (Lipinski definition) is 2. The molecule has 0 spiro atoms. The highest BCUT2D eigenvalue weighted by molar-refractivity contribution is 5.93. The Balaban J connectivity index is 2.65. The zero-order valence-corrected chi connectivity index (χ0v) is 9.06. The normalized spacial score (nSPS) is 13.3. The molecule has 0 saturated heterocycles. The lowest BCUT2D eigenvalue weighted by Crippen LogP contribution is -2.45. The molecule has 82 valence electrons. The number of carbonyl (C=O) groups is 1. The molecule has 15 heavy (non-hydrogen) atoms. The van der Waals surface area contributed by atoms with Crippen LogP contribution >= 0.6 is 0 Å². The third-order valence-electron chi connectivity index (χ3n) is 1.93. The highest BCUT2D eigenvalue weighted by Gasteiger charge is 2.27.